The van der Waals surface area contributed by atoms with Crippen molar-refractivity contribution in [2.24, 2.45) is 0 Å². The molecule has 1 aromatic carbocycles. The summed E-state index contributed by atoms with van der Waals surface area (Å²) < 4.78 is 0. The monoisotopic (exact) mass is 295 g/mol. The van der Waals surface area contributed by atoms with Gasteiger partial charge in [0.15, 0.2) is 0 Å². The van der Waals surface area contributed by atoms with Crippen LogP contribution in [-0.2, 0) is 6.54 Å². The highest BCUT2D eigenvalue weighted by molar-refractivity contribution is 6.30. The molecule has 0 amide bonds. The summed E-state index contributed by atoms with van der Waals surface area (Å²) in [6.45, 7) is 4.71. The van der Waals surface area contributed by atoms with Crippen molar-refractivity contribution in [3.8, 4) is 0 Å². The van der Waals surface area contributed by atoms with Crippen LogP contribution in [-0.4, -0.2) is 9.97 Å². The number of hydrogen-bond acceptors (Lipinski definition) is 3. The number of rotatable bonds is 4. The molecule has 0 unspecified atom stereocenters. The van der Waals surface area contributed by atoms with E-state index < -0.39 is 0 Å². The Morgan fingerprint density at radius 3 is 2.63 bits per heavy atom. The maximum Gasteiger partial charge on any atom is 0.135 e. The van der Waals surface area contributed by atoms with E-state index in [1.54, 1.807) is 6.07 Å². The van der Waals surface area contributed by atoms with Gasteiger partial charge in [0, 0.05) is 23.6 Å². The van der Waals surface area contributed by atoms with E-state index in [1.165, 1.54) is 0 Å². The molecule has 0 aliphatic rings. The molecule has 0 saturated heterocycles. The van der Waals surface area contributed by atoms with Crippen LogP contribution in [0.5, 0.6) is 0 Å². The van der Waals surface area contributed by atoms with Gasteiger partial charge in [-0.25, -0.2) is 9.97 Å². The highest BCUT2D eigenvalue weighted by Crippen LogP contribution is 2.18. The predicted molar refractivity (Wildman–Crippen MR) is 79.9 cm³/mol. The third kappa shape index (κ3) is 4.08. The number of aromatic nitrogens is 2. The first kappa shape index (κ1) is 14.1. The molecule has 100 valence electrons. The van der Waals surface area contributed by atoms with Gasteiger partial charge in [-0.15, -0.1) is 0 Å². The Bertz CT molecular complexity index is 570. The summed E-state index contributed by atoms with van der Waals surface area (Å²) in [5, 5.41) is 4.41. The van der Waals surface area contributed by atoms with E-state index in [-0.39, 0.29) is 5.92 Å². The third-order valence-corrected chi connectivity index (χ3v) is 3.02. The summed E-state index contributed by atoms with van der Waals surface area (Å²) in [5.41, 5.74) is 1.09. The Hall–Kier alpha value is -1.32. The summed E-state index contributed by atoms with van der Waals surface area (Å²) in [7, 11) is 0. The van der Waals surface area contributed by atoms with E-state index in [4.69, 9.17) is 23.2 Å². The SMILES string of the molecule is CC(C)c1nc(Cl)cc(NCc2cccc(Cl)c2)n1. The number of benzene rings is 1. The molecule has 0 spiro atoms. The van der Waals surface area contributed by atoms with Crippen molar-refractivity contribution in [3.63, 3.8) is 0 Å². The topological polar surface area (TPSA) is 37.8 Å². The molecule has 1 N–H and O–H groups in total. The molecule has 1 aromatic heterocycles. The molecule has 3 nitrogen and oxygen atoms in total. The zero-order valence-electron chi connectivity index (χ0n) is 10.8. The van der Waals surface area contributed by atoms with Gasteiger partial charge in [-0.3, -0.25) is 0 Å². The van der Waals surface area contributed by atoms with Crippen molar-refractivity contribution < 1.29 is 0 Å². The first-order valence-corrected chi connectivity index (χ1v) is 6.83. The fourth-order valence-electron chi connectivity index (χ4n) is 1.62. The van der Waals surface area contributed by atoms with Crippen LogP contribution < -0.4 is 5.32 Å². The number of halogens is 2. The van der Waals surface area contributed by atoms with Gasteiger partial charge in [0.25, 0.3) is 0 Å². The number of anilines is 1. The normalized spacial score (nSPS) is 10.8. The van der Waals surface area contributed by atoms with Crippen LogP contribution in [0.25, 0.3) is 0 Å². The minimum atomic E-state index is 0.241. The maximum absolute atomic E-state index is 5.99. The molecule has 5 heteroatoms. The van der Waals surface area contributed by atoms with Crippen molar-refractivity contribution in [3.05, 3.63) is 51.9 Å². The number of nitrogens with zero attached hydrogens (tertiary/aromatic N) is 2. The van der Waals surface area contributed by atoms with E-state index in [2.05, 4.69) is 15.3 Å². The van der Waals surface area contributed by atoms with E-state index in [0.717, 1.165) is 22.2 Å². The molecule has 0 saturated carbocycles. The summed E-state index contributed by atoms with van der Waals surface area (Å²) in [6, 6.07) is 9.42. The van der Waals surface area contributed by atoms with Crippen LogP contribution in [0.4, 0.5) is 5.82 Å². The van der Waals surface area contributed by atoms with E-state index in [0.29, 0.717) is 11.7 Å². The lowest BCUT2D eigenvalue weighted by atomic mass is 10.2. The zero-order chi connectivity index (χ0) is 13.8. The van der Waals surface area contributed by atoms with E-state index in [9.17, 15) is 0 Å². The Labute approximate surface area is 123 Å². The third-order valence-electron chi connectivity index (χ3n) is 2.59. The summed E-state index contributed by atoms with van der Waals surface area (Å²) in [6.07, 6.45) is 0. The Morgan fingerprint density at radius 1 is 1.16 bits per heavy atom. The molecule has 0 radical (unpaired) electrons. The first-order valence-electron chi connectivity index (χ1n) is 6.07. The fourth-order valence-corrected chi connectivity index (χ4v) is 2.03. The zero-order valence-corrected chi connectivity index (χ0v) is 12.3. The summed E-state index contributed by atoms with van der Waals surface area (Å²) in [5.74, 6) is 1.70. The minimum absolute atomic E-state index is 0.241. The van der Waals surface area contributed by atoms with Gasteiger partial charge < -0.3 is 5.32 Å². The van der Waals surface area contributed by atoms with Crippen LogP contribution in [0, 0.1) is 0 Å². The number of hydrogen-bond donors (Lipinski definition) is 1. The second kappa shape index (κ2) is 6.22. The molecule has 2 aromatic rings. The highest BCUT2D eigenvalue weighted by Gasteiger charge is 2.06. The van der Waals surface area contributed by atoms with Gasteiger partial charge in [0.2, 0.25) is 0 Å². The fraction of sp³-hybridized carbons (Fsp3) is 0.286. The Kier molecular flexibility index (Phi) is 4.61. The maximum atomic E-state index is 5.99. The molecule has 19 heavy (non-hydrogen) atoms. The Morgan fingerprint density at radius 2 is 1.95 bits per heavy atom. The molecule has 0 atom stereocenters. The highest BCUT2D eigenvalue weighted by atomic mass is 35.5. The second-order valence-corrected chi connectivity index (χ2v) is 5.40. The van der Waals surface area contributed by atoms with E-state index >= 15 is 0 Å². The van der Waals surface area contributed by atoms with Crippen molar-refractivity contribution in [2.45, 2.75) is 26.3 Å². The van der Waals surface area contributed by atoms with Crippen LogP contribution in [0.1, 0.15) is 31.2 Å². The quantitative estimate of drug-likeness (QED) is 0.843. The largest absolute Gasteiger partial charge is 0.366 e. The molecule has 0 aliphatic carbocycles. The molecule has 0 bridgehead atoms. The molecular weight excluding hydrogens is 281 g/mol. The van der Waals surface area contributed by atoms with Gasteiger partial charge in [-0.05, 0) is 17.7 Å². The first-order chi connectivity index (χ1) is 9.04. The van der Waals surface area contributed by atoms with Crippen molar-refractivity contribution >= 4 is 29.0 Å². The summed E-state index contributed by atoms with van der Waals surface area (Å²) >= 11 is 11.9. The van der Waals surface area contributed by atoms with Crippen molar-refractivity contribution in [1.82, 2.24) is 9.97 Å². The van der Waals surface area contributed by atoms with Gasteiger partial charge in [0.1, 0.15) is 16.8 Å². The van der Waals surface area contributed by atoms with Gasteiger partial charge in [-0.2, -0.15) is 0 Å². The van der Waals surface area contributed by atoms with Gasteiger partial charge in [0.05, 0.1) is 0 Å². The van der Waals surface area contributed by atoms with Gasteiger partial charge in [-0.1, -0.05) is 49.2 Å². The van der Waals surface area contributed by atoms with Crippen LogP contribution >= 0.6 is 23.2 Å². The van der Waals surface area contributed by atoms with E-state index in [1.807, 2.05) is 38.1 Å². The average Bonchev–Trinajstić information content (AvgIpc) is 2.36. The molecular formula is C14H15Cl2N3. The lowest BCUT2D eigenvalue weighted by molar-refractivity contribution is 0.774. The molecule has 0 fully saturated rings. The molecule has 2 rings (SSSR count). The standard InChI is InChI=1S/C14H15Cl2N3/c1-9(2)14-18-12(16)7-13(19-14)17-8-10-4-3-5-11(15)6-10/h3-7,9H,8H2,1-2H3,(H,17,18,19). The lowest BCUT2D eigenvalue weighted by Gasteiger charge is -2.09. The summed E-state index contributed by atoms with van der Waals surface area (Å²) in [4.78, 5) is 8.63. The average molecular weight is 296 g/mol. The second-order valence-electron chi connectivity index (χ2n) is 4.57. The van der Waals surface area contributed by atoms with Gasteiger partial charge >= 0.3 is 0 Å². The lowest BCUT2D eigenvalue weighted by Crippen LogP contribution is -2.05. The van der Waals surface area contributed by atoms with Crippen molar-refractivity contribution in [2.75, 3.05) is 5.32 Å². The molecule has 0 aliphatic heterocycles. The predicted octanol–water partition coefficient (Wildman–Crippen LogP) is 4.52. The molecule has 1 heterocycles. The smallest absolute Gasteiger partial charge is 0.135 e. The minimum Gasteiger partial charge on any atom is -0.366 e. The van der Waals surface area contributed by atoms with Crippen LogP contribution in [0.2, 0.25) is 10.2 Å². The van der Waals surface area contributed by atoms with Crippen LogP contribution in [0.15, 0.2) is 30.3 Å². The number of nitrogens with one attached hydrogen (secondary N) is 1. The van der Waals surface area contributed by atoms with Crippen LogP contribution in [0.3, 0.4) is 0 Å². The van der Waals surface area contributed by atoms with Crippen molar-refractivity contribution in [1.29, 1.82) is 0 Å². The Balaban J connectivity index is 2.11.